The molecule has 0 aliphatic heterocycles. The fourth-order valence-electron chi connectivity index (χ4n) is 4.61. The number of fused-ring (bicyclic) bond motifs is 1. The van der Waals surface area contributed by atoms with Crippen molar-refractivity contribution in [2.75, 3.05) is 11.1 Å². The number of carbonyl (C=O) groups is 2. The highest BCUT2D eigenvalue weighted by molar-refractivity contribution is 7.99. The predicted octanol–water partition coefficient (Wildman–Crippen LogP) is 6.01. The summed E-state index contributed by atoms with van der Waals surface area (Å²) in [6.45, 7) is 6.73. The van der Waals surface area contributed by atoms with Gasteiger partial charge in [0.25, 0.3) is 5.91 Å². The van der Waals surface area contributed by atoms with Crippen LogP contribution in [0.5, 0.6) is 0 Å². The van der Waals surface area contributed by atoms with Crippen molar-refractivity contribution in [1.29, 1.82) is 5.26 Å². The zero-order chi connectivity index (χ0) is 27.2. The lowest BCUT2D eigenvalue weighted by molar-refractivity contribution is -0.113. The van der Waals surface area contributed by atoms with Crippen LogP contribution >= 0.6 is 34.7 Å². The highest BCUT2D eigenvalue weighted by atomic mass is 35.5. The Kier molecular flexibility index (Phi) is 9.47. The molecule has 2 N–H and O–H groups in total. The molecule has 2 amide bonds. The first kappa shape index (κ1) is 28.1. The molecule has 2 aromatic heterocycles. The third kappa shape index (κ3) is 6.40. The zero-order valence-electron chi connectivity index (χ0n) is 21.7. The van der Waals surface area contributed by atoms with Crippen LogP contribution in [0.3, 0.4) is 0 Å². The molecule has 38 heavy (non-hydrogen) atoms. The Balaban J connectivity index is 1.47. The summed E-state index contributed by atoms with van der Waals surface area (Å²) in [5.41, 5.74) is 2.11. The standard InChI is InChI=1S/C27H31ClN6O2S2/c1-4-34-24(21(13-16(2)3)30-25(36)18-10-5-7-11-20(18)28)32-33-27(34)37-15-23(35)31-26-19(14-29)17-9-6-8-12-22(17)38-26/h5,7,10-11,16,21H,4,6,8-9,12-13,15H2,1-3H3,(H,30,36)(H,31,35)/t21-/m0/s1. The molecule has 1 aliphatic carbocycles. The lowest BCUT2D eigenvalue weighted by Gasteiger charge is -2.21. The molecule has 4 rings (SSSR count). The zero-order valence-corrected chi connectivity index (χ0v) is 24.1. The molecule has 200 valence electrons. The lowest BCUT2D eigenvalue weighted by Crippen LogP contribution is -2.31. The van der Waals surface area contributed by atoms with Gasteiger partial charge in [-0.15, -0.1) is 21.5 Å². The number of benzene rings is 1. The van der Waals surface area contributed by atoms with Crippen LogP contribution in [0.25, 0.3) is 0 Å². The van der Waals surface area contributed by atoms with Crippen molar-refractivity contribution in [2.45, 2.75) is 70.6 Å². The van der Waals surface area contributed by atoms with Crippen molar-refractivity contribution in [2.24, 2.45) is 5.92 Å². The van der Waals surface area contributed by atoms with Gasteiger partial charge >= 0.3 is 0 Å². The molecule has 0 saturated carbocycles. The van der Waals surface area contributed by atoms with Crippen molar-refractivity contribution in [1.82, 2.24) is 20.1 Å². The van der Waals surface area contributed by atoms with E-state index in [1.165, 1.54) is 28.0 Å². The van der Waals surface area contributed by atoms with E-state index in [9.17, 15) is 14.9 Å². The summed E-state index contributed by atoms with van der Waals surface area (Å²) in [5, 5.41) is 26.1. The number of halogens is 1. The fourth-order valence-corrected chi connectivity index (χ4v) is 6.90. The molecular formula is C27H31ClN6O2S2. The average Bonchev–Trinajstić information content (AvgIpc) is 3.47. The number of carbonyl (C=O) groups excluding carboxylic acids is 2. The summed E-state index contributed by atoms with van der Waals surface area (Å²) in [6, 6.07) is 8.85. The van der Waals surface area contributed by atoms with Gasteiger partial charge in [0, 0.05) is 11.4 Å². The van der Waals surface area contributed by atoms with Crippen molar-refractivity contribution in [3.8, 4) is 6.07 Å². The third-order valence-corrected chi connectivity index (χ3v) is 8.88. The molecule has 0 saturated heterocycles. The summed E-state index contributed by atoms with van der Waals surface area (Å²) in [6.07, 6.45) is 4.72. The smallest absolute Gasteiger partial charge is 0.253 e. The molecule has 8 nitrogen and oxygen atoms in total. The Labute approximate surface area is 236 Å². The Morgan fingerprint density at radius 1 is 1.24 bits per heavy atom. The Morgan fingerprint density at radius 2 is 2.00 bits per heavy atom. The molecule has 0 fully saturated rings. The van der Waals surface area contributed by atoms with Crippen molar-refractivity contribution < 1.29 is 9.59 Å². The number of nitrogens with zero attached hydrogens (tertiary/aromatic N) is 4. The van der Waals surface area contributed by atoms with Gasteiger partial charge in [-0.1, -0.05) is 49.3 Å². The normalized spacial score (nSPS) is 13.6. The number of nitriles is 1. The van der Waals surface area contributed by atoms with Gasteiger partial charge in [0.2, 0.25) is 5.91 Å². The summed E-state index contributed by atoms with van der Waals surface area (Å²) in [7, 11) is 0. The maximum atomic E-state index is 13.0. The van der Waals surface area contributed by atoms with Gasteiger partial charge in [-0.05, 0) is 62.6 Å². The van der Waals surface area contributed by atoms with Gasteiger partial charge in [0.05, 0.1) is 27.9 Å². The minimum Gasteiger partial charge on any atom is -0.342 e. The summed E-state index contributed by atoms with van der Waals surface area (Å²) in [5.74, 6) is 0.603. The number of thiophene rings is 1. The van der Waals surface area contributed by atoms with E-state index >= 15 is 0 Å². The number of aryl methyl sites for hydroxylation is 1. The number of thioether (sulfide) groups is 1. The Bertz CT molecular complexity index is 1360. The molecule has 0 bridgehead atoms. The van der Waals surface area contributed by atoms with Crippen LogP contribution in [-0.2, 0) is 24.2 Å². The first-order valence-electron chi connectivity index (χ1n) is 12.8. The van der Waals surface area contributed by atoms with Crippen molar-refractivity contribution in [3.05, 3.63) is 56.7 Å². The number of hydrogen-bond acceptors (Lipinski definition) is 7. The molecule has 0 unspecified atom stereocenters. The van der Waals surface area contributed by atoms with Crippen LogP contribution < -0.4 is 10.6 Å². The van der Waals surface area contributed by atoms with Gasteiger partial charge in [0.15, 0.2) is 11.0 Å². The van der Waals surface area contributed by atoms with E-state index in [1.54, 1.807) is 24.3 Å². The second-order valence-corrected chi connectivity index (χ2v) is 12.0. The molecule has 2 heterocycles. The fraction of sp³-hybridized carbons (Fsp3) is 0.444. The van der Waals surface area contributed by atoms with E-state index in [-0.39, 0.29) is 23.6 Å². The summed E-state index contributed by atoms with van der Waals surface area (Å²) < 4.78 is 1.93. The summed E-state index contributed by atoms with van der Waals surface area (Å²) in [4.78, 5) is 27.1. The highest BCUT2D eigenvalue weighted by Crippen LogP contribution is 2.37. The second-order valence-electron chi connectivity index (χ2n) is 9.58. The van der Waals surface area contributed by atoms with Gasteiger partial charge in [-0.25, -0.2) is 0 Å². The first-order valence-corrected chi connectivity index (χ1v) is 15.0. The molecule has 1 aromatic carbocycles. The molecule has 1 atom stereocenters. The van der Waals surface area contributed by atoms with Crippen LogP contribution in [-0.4, -0.2) is 32.3 Å². The molecule has 1 aliphatic rings. The van der Waals surface area contributed by atoms with Crippen molar-refractivity contribution in [3.63, 3.8) is 0 Å². The van der Waals surface area contributed by atoms with E-state index in [0.29, 0.717) is 51.0 Å². The third-order valence-electron chi connectivity index (χ3n) is 6.37. The van der Waals surface area contributed by atoms with E-state index in [0.717, 1.165) is 31.2 Å². The highest BCUT2D eigenvalue weighted by Gasteiger charge is 2.26. The average molecular weight is 571 g/mol. The molecular weight excluding hydrogens is 540 g/mol. The number of aromatic nitrogens is 3. The van der Waals surface area contributed by atoms with E-state index < -0.39 is 0 Å². The van der Waals surface area contributed by atoms with Crippen LogP contribution in [0.4, 0.5) is 5.00 Å². The second kappa shape index (κ2) is 12.8. The SMILES string of the molecule is CCn1c(SCC(=O)Nc2sc3c(c2C#N)CCCC3)nnc1[C@H](CC(C)C)NC(=O)c1ccccc1Cl. The van der Waals surface area contributed by atoms with Gasteiger partial charge in [0.1, 0.15) is 11.1 Å². The maximum absolute atomic E-state index is 13.0. The van der Waals surface area contributed by atoms with Gasteiger partial charge in [-0.3, -0.25) is 9.59 Å². The lowest BCUT2D eigenvalue weighted by atomic mass is 9.96. The Hall–Kier alpha value is -2.87. The number of hydrogen-bond donors (Lipinski definition) is 2. The van der Waals surface area contributed by atoms with E-state index in [4.69, 9.17) is 11.6 Å². The largest absolute Gasteiger partial charge is 0.342 e. The van der Waals surface area contributed by atoms with Crippen molar-refractivity contribution >= 4 is 51.5 Å². The molecule has 3 aromatic rings. The Morgan fingerprint density at radius 3 is 2.71 bits per heavy atom. The molecule has 0 spiro atoms. The number of rotatable bonds is 10. The first-order chi connectivity index (χ1) is 18.3. The maximum Gasteiger partial charge on any atom is 0.253 e. The minimum absolute atomic E-state index is 0.131. The molecule has 11 heteroatoms. The van der Waals surface area contributed by atoms with Crippen LogP contribution in [0.2, 0.25) is 5.02 Å². The number of anilines is 1. The van der Waals surface area contributed by atoms with Crippen LogP contribution in [0, 0.1) is 17.2 Å². The van der Waals surface area contributed by atoms with Gasteiger partial charge < -0.3 is 15.2 Å². The van der Waals surface area contributed by atoms with E-state index in [2.05, 4.69) is 40.7 Å². The van der Waals surface area contributed by atoms with Crippen LogP contribution in [0.1, 0.15) is 78.3 Å². The monoisotopic (exact) mass is 570 g/mol. The number of amides is 2. The van der Waals surface area contributed by atoms with Gasteiger partial charge in [-0.2, -0.15) is 5.26 Å². The topological polar surface area (TPSA) is 113 Å². The number of nitrogens with one attached hydrogen (secondary N) is 2. The summed E-state index contributed by atoms with van der Waals surface area (Å²) >= 11 is 9.05. The minimum atomic E-state index is -0.370. The quantitative estimate of drug-likeness (QED) is 0.289. The van der Waals surface area contributed by atoms with E-state index in [1.807, 2.05) is 11.5 Å². The predicted molar refractivity (Wildman–Crippen MR) is 152 cm³/mol. The molecule has 0 radical (unpaired) electrons. The van der Waals surface area contributed by atoms with Crippen LogP contribution in [0.15, 0.2) is 29.4 Å².